The Kier molecular flexibility index (Phi) is 6.86. The van der Waals surface area contributed by atoms with Gasteiger partial charge in [0.2, 0.25) is 11.8 Å². The maximum Gasteiger partial charge on any atom is 0.237 e. The number of likely N-dealkylation sites (tertiary alicyclic amines) is 1. The molecule has 1 saturated carbocycles. The van der Waals surface area contributed by atoms with Gasteiger partial charge in [0.25, 0.3) is 0 Å². The Balaban J connectivity index is 1.23. The third kappa shape index (κ3) is 5.19. The molecule has 158 valence electrons. The first kappa shape index (κ1) is 20.4. The summed E-state index contributed by atoms with van der Waals surface area (Å²) in [6.45, 7) is 3.32. The SMILES string of the molecule is O=C(NCC1CCCN(C(=O)C2CCC(c3ccccc3)CC2)C1)C1CCCN1. The standard InChI is InChI=1S/C24H35N3O2/c28-23(22-9-4-14-25-22)26-16-18-6-5-15-27(17-18)24(29)21-12-10-20(11-13-21)19-7-2-1-3-8-19/h1-3,7-8,18,20-22,25H,4-6,9-17H2,(H,26,28). The fraction of sp³-hybridized carbons (Fsp3) is 0.667. The molecule has 1 aromatic carbocycles. The summed E-state index contributed by atoms with van der Waals surface area (Å²) in [4.78, 5) is 27.4. The third-order valence-corrected chi connectivity index (χ3v) is 7.12. The highest BCUT2D eigenvalue weighted by Gasteiger charge is 2.32. The van der Waals surface area contributed by atoms with Gasteiger partial charge in [-0.25, -0.2) is 0 Å². The van der Waals surface area contributed by atoms with Gasteiger partial charge in [0.05, 0.1) is 6.04 Å². The molecule has 0 bridgehead atoms. The summed E-state index contributed by atoms with van der Waals surface area (Å²) < 4.78 is 0. The summed E-state index contributed by atoms with van der Waals surface area (Å²) in [6.07, 6.45) is 8.40. The molecule has 0 aromatic heterocycles. The molecular weight excluding hydrogens is 362 g/mol. The fourth-order valence-corrected chi connectivity index (χ4v) is 5.37. The molecule has 2 saturated heterocycles. The van der Waals surface area contributed by atoms with E-state index in [1.54, 1.807) is 0 Å². The molecule has 1 aliphatic carbocycles. The van der Waals surface area contributed by atoms with Gasteiger partial charge in [-0.1, -0.05) is 30.3 Å². The summed E-state index contributed by atoms with van der Waals surface area (Å²) in [7, 11) is 0. The molecule has 2 heterocycles. The molecule has 1 aromatic rings. The maximum absolute atomic E-state index is 13.1. The van der Waals surface area contributed by atoms with Crippen LogP contribution in [0.4, 0.5) is 0 Å². The van der Waals surface area contributed by atoms with Crippen molar-refractivity contribution in [3.05, 3.63) is 35.9 Å². The second kappa shape index (κ2) is 9.75. The highest BCUT2D eigenvalue weighted by Crippen LogP contribution is 2.36. The maximum atomic E-state index is 13.1. The van der Waals surface area contributed by atoms with E-state index in [2.05, 4.69) is 45.9 Å². The van der Waals surface area contributed by atoms with Crippen molar-refractivity contribution in [2.45, 2.75) is 63.3 Å². The van der Waals surface area contributed by atoms with Gasteiger partial charge < -0.3 is 15.5 Å². The first-order chi connectivity index (χ1) is 14.2. The zero-order valence-electron chi connectivity index (χ0n) is 17.4. The molecule has 2 atom stereocenters. The van der Waals surface area contributed by atoms with Gasteiger partial charge in [-0.2, -0.15) is 0 Å². The van der Waals surface area contributed by atoms with Gasteiger partial charge in [-0.15, -0.1) is 0 Å². The summed E-state index contributed by atoms with van der Waals surface area (Å²) >= 11 is 0. The number of carbonyl (C=O) groups is 2. The smallest absolute Gasteiger partial charge is 0.237 e. The predicted molar refractivity (Wildman–Crippen MR) is 114 cm³/mol. The Morgan fingerprint density at radius 1 is 1.00 bits per heavy atom. The molecule has 5 heteroatoms. The minimum absolute atomic E-state index is 0.0175. The number of carbonyl (C=O) groups excluding carboxylic acids is 2. The lowest BCUT2D eigenvalue weighted by atomic mass is 9.78. The van der Waals surface area contributed by atoms with E-state index >= 15 is 0 Å². The van der Waals surface area contributed by atoms with E-state index in [1.165, 1.54) is 5.56 Å². The van der Waals surface area contributed by atoms with Gasteiger partial charge in [0.15, 0.2) is 0 Å². The van der Waals surface area contributed by atoms with Crippen molar-refractivity contribution in [3.8, 4) is 0 Å². The summed E-state index contributed by atoms with van der Waals surface area (Å²) in [6, 6.07) is 10.7. The number of nitrogens with one attached hydrogen (secondary N) is 2. The van der Waals surface area contributed by atoms with Crippen molar-refractivity contribution >= 4 is 11.8 Å². The Labute approximate surface area is 174 Å². The molecule has 0 spiro atoms. The molecule has 3 fully saturated rings. The second-order valence-corrected chi connectivity index (χ2v) is 9.15. The molecule has 29 heavy (non-hydrogen) atoms. The first-order valence-corrected chi connectivity index (χ1v) is 11.6. The van der Waals surface area contributed by atoms with E-state index in [1.807, 2.05) is 0 Å². The van der Waals surface area contributed by atoms with Gasteiger partial charge in [0.1, 0.15) is 0 Å². The van der Waals surface area contributed by atoms with Gasteiger partial charge >= 0.3 is 0 Å². The molecule has 3 aliphatic rings. The van der Waals surface area contributed by atoms with E-state index in [-0.39, 0.29) is 17.9 Å². The summed E-state index contributed by atoms with van der Waals surface area (Å²) in [5.74, 6) is 1.66. The normalized spacial score (nSPS) is 30.1. The van der Waals surface area contributed by atoms with Gasteiger partial charge in [-0.05, 0) is 75.3 Å². The van der Waals surface area contributed by atoms with Crippen molar-refractivity contribution in [1.29, 1.82) is 0 Å². The Bertz CT molecular complexity index is 679. The van der Waals surface area contributed by atoms with Gasteiger partial charge in [0, 0.05) is 25.6 Å². The van der Waals surface area contributed by atoms with Crippen LogP contribution in [0.15, 0.2) is 30.3 Å². The van der Waals surface area contributed by atoms with Crippen LogP contribution in [0.25, 0.3) is 0 Å². The topological polar surface area (TPSA) is 61.4 Å². The molecule has 2 unspecified atom stereocenters. The van der Waals surface area contributed by atoms with Crippen LogP contribution in [0.5, 0.6) is 0 Å². The highest BCUT2D eigenvalue weighted by molar-refractivity contribution is 5.82. The number of nitrogens with zero attached hydrogens (tertiary/aromatic N) is 1. The zero-order valence-corrected chi connectivity index (χ0v) is 17.4. The van der Waals surface area contributed by atoms with Crippen LogP contribution >= 0.6 is 0 Å². The molecule has 2 N–H and O–H groups in total. The molecular formula is C24H35N3O2. The molecule has 5 nitrogen and oxygen atoms in total. The minimum atomic E-state index is -0.0175. The van der Waals surface area contributed by atoms with Crippen molar-refractivity contribution in [3.63, 3.8) is 0 Å². The highest BCUT2D eigenvalue weighted by atomic mass is 16.2. The average Bonchev–Trinajstić information content (AvgIpc) is 3.33. The van der Waals surface area contributed by atoms with E-state index in [9.17, 15) is 9.59 Å². The van der Waals surface area contributed by atoms with E-state index in [0.29, 0.717) is 24.3 Å². The van der Waals surface area contributed by atoms with Gasteiger partial charge in [-0.3, -0.25) is 9.59 Å². The molecule has 2 aliphatic heterocycles. The van der Waals surface area contributed by atoms with E-state index in [0.717, 1.165) is 71.0 Å². The number of hydrogen-bond donors (Lipinski definition) is 2. The van der Waals surface area contributed by atoms with E-state index in [4.69, 9.17) is 0 Å². The van der Waals surface area contributed by atoms with Crippen LogP contribution < -0.4 is 10.6 Å². The minimum Gasteiger partial charge on any atom is -0.354 e. The Hall–Kier alpha value is -1.88. The van der Waals surface area contributed by atoms with Crippen LogP contribution in [0.2, 0.25) is 0 Å². The largest absolute Gasteiger partial charge is 0.354 e. The Morgan fingerprint density at radius 2 is 1.79 bits per heavy atom. The van der Waals surface area contributed by atoms with Crippen LogP contribution in [0.1, 0.15) is 62.8 Å². The number of benzene rings is 1. The van der Waals surface area contributed by atoms with Crippen LogP contribution in [-0.2, 0) is 9.59 Å². The van der Waals surface area contributed by atoms with E-state index < -0.39 is 0 Å². The van der Waals surface area contributed by atoms with Crippen molar-refractivity contribution in [2.75, 3.05) is 26.2 Å². The zero-order chi connectivity index (χ0) is 20.1. The second-order valence-electron chi connectivity index (χ2n) is 9.15. The van der Waals surface area contributed by atoms with Crippen LogP contribution in [-0.4, -0.2) is 48.9 Å². The van der Waals surface area contributed by atoms with Crippen LogP contribution in [0.3, 0.4) is 0 Å². The summed E-state index contributed by atoms with van der Waals surface area (Å²) in [5, 5.41) is 6.37. The molecule has 2 amide bonds. The number of rotatable bonds is 5. The van der Waals surface area contributed by atoms with Crippen molar-refractivity contribution < 1.29 is 9.59 Å². The van der Waals surface area contributed by atoms with Crippen LogP contribution in [0, 0.1) is 11.8 Å². The first-order valence-electron chi connectivity index (χ1n) is 11.6. The fourth-order valence-electron chi connectivity index (χ4n) is 5.37. The predicted octanol–water partition coefficient (Wildman–Crippen LogP) is 3.07. The lowest BCUT2D eigenvalue weighted by Gasteiger charge is -2.37. The lowest BCUT2D eigenvalue weighted by molar-refractivity contribution is -0.138. The lowest BCUT2D eigenvalue weighted by Crippen LogP contribution is -2.48. The number of piperidine rings is 1. The molecule has 4 rings (SSSR count). The van der Waals surface area contributed by atoms with Crippen molar-refractivity contribution in [1.82, 2.24) is 15.5 Å². The van der Waals surface area contributed by atoms with Crippen molar-refractivity contribution in [2.24, 2.45) is 11.8 Å². The average molecular weight is 398 g/mol. The summed E-state index contributed by atoms with van der Waals surface area (Å²) in [5.41, 5.74) is 1.42. The third-order valence-electron chi connectivity index (χ3n) is 7.12. The Morgan fingerprint density at radius 3 is 2.52 bits per heavy atom. The quantitative estimate of drug-likeness (QED) is 0.803. The molecule has 0 radical (unpaired) electrons. The monoisotopic (exact) mass is 397 g/mol. The number of hydrogen-bond acceptors (Lipinski definition) is 3. The number of amides is 2.